The summed E-state index contributed by atoms with van der Waals surface area (Å²) in [7, 11) is 0. The van der Waals surface area contributed by atoms with Gasteiger partial charge in [0.05, 0.1) is 5.92 Å². The molecule has 0 saturated heterocycles. The van der Waals surface area contributed by atoms with Gasteiger partial charge in [0.15, 0.2) is 0 Å². The maximum absolute atomic E-state index is 12.1. The van der Waals surface area contributed by atoms with Gasteiger partial charge in [0.2, 0.25) is 0 Å². The molecule has 2 atom stereocenters. The molecule has 1 rings (SSSR count). The molecule has 0 radical (unpaired) electrons. The quantitative estimate of drug-likeness (QED) is 0.729. The molecule has 0 aromatic carbocycles. The Labute approximate surface area is 85.8 Å². The molecule has 0 unspecified atom stereocenters. The van der Waals surface area contributed by atoms with Crippen LogP contribution in [0.2, 0.25) is 0 Å². The van der Waals surface area contributed by atoms with Crippen molar-refractivity contribution < 1.29 is 23.1 Å². The molecule has 5 heteroatoms. The monoisotopic (exact) mass is 222 g/mol. The van der Waals surface area contributed by atoms with Gasteiger partial charge in [0, 0.05) is 6.08 Å². The number of carbonyl (C=O) groups is 1. The number of halogens is 3. The van der Waals surface area contributed by atoms with Crippen molar-refractivity contribution in [1.29, 1.82) is 0 Å². The number of hydrogen-bond acceptors (Lipinski definition) is 1. The number of rotatable bonds is 2. The fraction of sp³-hybridized carbons (Fsp3) is 0.700. The smallest absolute Gasteiger partial charge is 0.409 e. The summed E-state index contributed by atoms with van der Waals surface area (Å²) in [6.45, 7) is 4.68. The molecule has 1 aliphatic carbocycles. The topological polar surface area (TPSA) is 37.3 Å². The van der Waals surface area contributed by atoms with Crippen LogP contribution < -0.4 is 0 Å². The lowest BCUT2D eigenvalue weighted by Crippen LogP contribution is -2.05. The van der Waals surface area contributed by atoms with E-state index in [0.717, 1.165) is 0 Å². The van der Waals surface area contributed by atoms with Crippen LogP contribution in [0.25, 0.3) is 0 Å². The zero-order valence-electron chi connectivity index (χ0n) is 8.72. The highest BCUT2D eigenvalue weighted by Gasteiger charge is 2.62. The van der Waals surface area contributed by atoms with Crippen LogP contribution in [-0.2, 0) is 4.79 Å². The standard InChI is InChI=1S/C10H13F3O2/c1-5(4-10(11,12)13)6-7(8(14)15)9(6,2)3/h4,6-7H,1-3H3,(H,14,15)/t6-,7-/m1/s1. The van der Waals surface area contributed by atoms with Gasteiger partial charge in [-0.3, -0.25) is 4.79 Å². The van der Waals surface area contributed by atoms with Crippen molar-refractivity contribution in [3.05, 3.63) is 11.6 Å². The molecule has 0 amide bonds. The van der Waals surface area contributed by atoms with E-state index in [1.54, 1.807) is 13.8 Å². The van der Waals surface area contributed by atoms with Crippen LogP contribution in [0.1, 0.15) is 20.8 Å². The van der Waals surface area contributed by atoms with Crippen LogP contribution in [0.4, 0.5) is 13.2 Å². The highest BCUT2D eigenvalue weighted by molar-refractivity contribution is 5.76. The molecule has 0 aromatic rings. The van der Waals surface area contributed by atoms with Crippen LogP contribution >= 0.6 is 0 Å². The van der Waals surface area contributed by atoms with E-state index in [2.05, 4.69) is 0 Å². The lowest BCUT2D eigenvalue weighted by molar-refractivity contribution is -0.139. The highest BCUT2D eigenvalue weighted by atomic mass is 19.4. The molecule has 2 nitrogen and oxygen atoms in total. The summed E-state index contributed by atoms with van der Waals surface area (Å²) in [6.07, 6.45) is -4.17. The highest BCUT2D eigenvalue weighted by Crippen LogP contribution is 2.61. The third-order valence-corrected chi connectivity index (χ3v) is 2.98. The molecule has 1 fully saturated rings. The maximum Gasteiger partial charge on any atom is 0.409 e. The average Bonchev–Trinajstić information content (AvgIpc) is 2.49. The Balaban J connectivity index is 2.85. The molecular formula is C10H13F3O2. The van der Waals surface area contributed by atoms with Gasteiger partial charge in [-0.15, -0.1) is 0 Å². The lowest BCUT2D eigenvalue weighted by atomic mass is 10.0. The van der Waals surface area contributed by atoms with Crippen molar-refractivity contribution in [2.24, 2.45) is 17.3 Å². The van der Waals surface area contributed by atoms with Crippen LogP contribution in [0.5, 0.6) is 0 Å². The summed E-state index contributed by atoms with van der Waals surface area (Å²) in [5.41, 5.74) is -0.475. The first kappa shape index (κ1) is 12.1. The molecule has 86 valence electrons. The minimum absolute atomic E-state index is 0.0971. The van der Waals surface area contributed by atoms with Crippen LogP contribution in [0.15, 0.2) is 11.6 Å². The summed E-state index contributed by atoms with van der Waals surface area (Å²) < 4.78 is 36.2. The van der Waals surface area contributed by atoms with Crippen molar-refractivity contribution >= 4 is 5.97 Å². The van der Waals surface area contributed by atoms with Crippen molar-refractivity contribution in [1.82, 2.24) is 0 Å². The van der Waals surface area contributed by atoms with Gasteiger partial charge < -0.3 is 5.11 Å². The molecule has 0 heterocycles. The second kappa shape index (κ2) is 3.25. The Morgan fingerprint density at radius 3 is 2.07 bits per heavy atom. The minimum atomic E-state index is -4.37. The van der Waals surface area contributed by atoms with E-state index in [-0.39, 0.29) is 11.6 Å². The predicted octanol–water partition coefficient (Wildman–Crippen LogP) is 2.85. The van der Waals surface area contributed by atoms with Gasteiger partial charge in [-0.2, -0.15) is 13.2 Å². The Kier molecular flexibility index (Phi) is 2.62. The number of allylic oxidation sites excluding steroid dienone is 2. The third kappa shape index (κ3) is 2.33. The summed E-state index contributed by atoms with van der Waals surface area (Å²) in [4.78, 5) is 10.7. The van der Waals surface area contributed by atoms with E-state index in [4.69, 9.17) is 5.11 Å². The fourth-order valence-corrected chi connectivity index (χ4v) is 2.30. The van der Waals surface area contributed by atoms with Crippen LogP contribution in [-0.4, -0.2) is 17.3 Å². The molecular weight excluding hydrogens is 209 g/mol. The first-order valence-corrected chi connectivity index (χ1v) is 4.56. The van der Waals surface area contributed by atoms with E-state index in [1.165, 1.54) is 6.92 Å². The van der Waals surface area contributed by atoms with Crippen LogP contribution in [0.3, 0.4) is 0 Å². The van der Waals surface area contributed by atoms with Crippen LogP contribution in [0, 0.1) is 17.3 Å². The Morgan fingerprint density at radius 1 is 1.33 bits per heavy atom. The van der Waals surface area contributed by atoms with Gasteiger partial charge in [0.1, 0.15) is 0 Å². The SMILES string of the molecule is CC(=CC(F)(F)F)[C@@H]1[C@H](C(=O)O)C1(C)C. The van der Waals surface area contributed by atoms with Gasteiger partial charge >= 0.3 is 12.1 Å². The van der Waals surface area contributed by atoms with E-state index in [1.807, 2.05) is 0 Å². The number of hydrogen-bond donors (Lipinski definition) is 1. The average molecular weight is 222 g/mol. The number of carboxylic acids is 1. The number of carboxylic acid groups (broad SMARTS) is 1. The van der Waals surface area contributed by atoms with E-state index < -0.39 is 29.4 Å². The molecule has 0 spiro atoms. The van der Waals surface area contributed by atoms with Gasteiger partial charge in [-0.05, 0) is 18.3 Å². The first-order chi connectivity index (χ1) is 6.57. The second-order valence-electron chi connectivity index (χ2n) is 4.54. The number of aliphatic carboxylic acids is 1. The summed E-state index contributed by atoms with van der Waals surface area (Å²) >= 11 is 0. The molecule has 1 saturated carbocycles. The Hall–Kier alpha value is -1.00. The van der Waals surface area contributed by atoms with Gasteiger partial charge in [0.25, 0.3) is 0 Å². The van der Waals surface area contributed by atoms with Gasteiger partial charge in [-0.25, -0.2) is 0 Å². The van der Waals surface area contributed by atoms with E-state index in [0.29, 0.717) is 0 Å². The van der Waals surface area contributed by atoms with Crippen molar-refractivity contribution in [3.8, 4) is 0 Å². The normalized spacial score (nSPS) is 30.1. The first-order valence-electron chi connectivity index (χ1n) is 4.56. The molecule has 1 aliphatic rings. The zero-order chi connectivity index (χ0) is 12.0. The largest absolute Gasteiger partial charge is 0.481 e. The molecule has 0 aliphatic heterocycles. The molecule has 0 aromatic heterocycles. The molecule has 15 heavy (non-hydrogen) atoms. The Bertz CT molecular complexity index is 315. The Morgan fingerprint density at radius 2 is 1.80 bits per heavy atom. The maximum atomic E-state index is 12.1. The lowest BCUT2D eigenvalue weighted by Gasteiger charge is -2.05. The minimum Gasteiger partial charge on any atom is -0.481 e. The molecule has 0 bridgehead atoms. The summed E-state index contributed by atoms with van der Waals surface area (Å²) in [5.74, 6) is -2.23. The zero-order valence-corrected chi connectivity index (χ0v) is 8.72. The summed E-state index contributed by atoms with van der Waals surface area (Å²) in [6, 6.07) is 0. The van der Waals surface area contributed by atoms with E-state index in [9.17, 15) is 18.0 Å². The van der Waals surface area contributed by atoms with E-state index >= 15 is 0 Å². The fourth-order valence-electron chi connectivity index (χ4n) is 2.30. The van der Waals surface area contributed by atoms with Gasteiger partial charge in [-0.1, -0.05) is 19.4 Å². The van der Waals surface area contributed by atoms with Crippen molar-refractivity contribution in [2.45, 2.75) is 26.9 Å². The van der Waals surface area contributed by atoms with Crippen molar-refractivity contribution in [2.75, 3.05) is 0 Å². The third-order valence-electron chi connectivity index (χ3n) is 2.98. The second-order valence-corrected chi connectivity index (χ2v) is 4.54. The summed E-state index contributed by atoms with van der Waals surface area (Å²) in [5, 5.41) is 8.80. The molecule has 1 N–H and O–H groups in total. The van der Waals surface area contributed by atoms with Crippen molar-refractivity contribution in [3.63, 3.8) is 0 Å². The number of alkyl halides is 3. The predicted molar refractivity (Wildman–Crippen MR) is 48.2 cm³/mol.